The van der Waals surface area contributed by atoms with Crippen molar-refractivity contribution in [2.24, 2.45) is 0 Å². The summed E-state index contributed by atoms with van der Waals surface area (Å²) in [7, 11) is 0. The molecule has 0 fully saturated rings. The fourth-order valence-electron chi connectivity index (χ4n) is 3.89. The van der Waals surface area contributed by atoms with Crippen molar-refractivity contribution in [3.8, 4) is 28.7 Å². The van der Waals surface area contributed by atoms with Gasteiger partial charge < -0.3 is 8.98 Å². The van der Waals surface area contributed by atoms with Crippen LogP contribution in [-0.2, 0) is 0 Å². The normalized spacial score (nSPS) is 11.3. The molecule has 0 unspecified atom stereocenters. The van der Waals surface area contributed by atoms with Gasteiger partial charge in [-0.3, -0.25) is 4.98 Å². The maximum atomic E-state index is 5.84. The molecule has 6 rings (SSSR count). The third-order valence-corrected chi connectivity index (χ3v) is 5.26. The molecule has 5 nitrogen and oxygen atoms in total. The van der Waals surface area contributed by atoms with Crippen LogP contribution < -0.4 is 0 Å². The number of pyridine rings is 1. The monoisotopic (exact) mass is 388 g/mol. The van der Waals surface area contributed by atoms with Crippen LogP contribution in [0.25, 0.3) is 50.5 Å². The van der Waals surface area contributed by atoms with Crippen LogP contribution in [0, 0.1) is 0 Å². The number of hydrogen-bond acceptors (Lipinski definition) is 4. The lowest BCUT2D eigenvalue weighted by Gasteiger charge is -2.08. The molecule has 0 saturated carbocycles. The van der Waals surface area contributed by atoms with E-state index in [1.807, 2.05) is 30.3 Å². The molecular weight excluding hydrogens is 372 g/mol. The lowest BCUT2D eigenvalue weighted by Crippen LogP contribution is -1.93. The number of hydrogen-bond donors (Lipinski definition) is 0. The average Bonchev–Trinajstić information content (AvgIpc) is 3.43. The maximum absolute atomic E-state index is 5.84. The van der Waals surface area contributed by atoms with Crippen LogP contribution in [0.1, 0.15) is 0 Å². The van der Waals surface area contributed by atoms with Crippen LogP contribution in [-0.4, -0.2) is 19.7 Å². The van der Waals surface area contributed by atoms with Crippen molar-refractivity contribution in [3.05, 3.63) is 97.2 Å². The van der Waals surface area contributed by atoms with Crippen LogP contribution >= 0.6 is 0 Å². The summed E-state index contributed by atoms with van der Waals surface area (Å²) in [6.45, 7) is 0. The lowest BCUT2D eigenvalue weighted by atomic mass is 10.2. The van der Waals surface area contributed by atoms with Crippen molar-refractivity contribution in [2.75, 3.05) is 0 Å². The average molecular weight is 388 g/mol. The Hall–Kier alpha value is -4.25. The van der Waals surface area contributed by atoms with E-state index in [1.165, 1.54) is 21.8 Å². The van der Waals surface area contributed by atoms with E-state index in [2.05, 4.69) is 80.4 Å². The number of benzene rings is 3. The molecule has 0 saturated heterocycles. The summed E-state index contributed by atoms with van der Waals surface area (Å²) in [5, 5.41) is 10.8. The van der Waals surface area contributed by atoms with Crippen molar-refractivity contribution >= 4 is 21.8 Å². The Morgan fingerprint density at radius 1 is 0.600 bits per heavy atom. The fraction of sp³-hybridized carbons (Fsp3) is 0. The molecule has 0 bridgehead atoms. The number of nitrogens with zero attached hydrogens (tertiary/aromatic N) is 4. The molecule has 0 amide bonds. The lowest BCUT2D eigenvalue weighted by molar-refractivity contribution is 0.582. The molecule has 0 N–H and O–H groups in total. The Labute approximate surface area is 172 Å². The van der Waals surface area contributed by atoms with Gasteiger partial charge in [-0.25, -0.2) is 0 Å². The molecule has 0 radical (unpaired) electrons. The van der Waals surface area contributed by atoms with Crippen LogP contribution in [0.4, 0.5) is 0 Å². The van der Waals surface area contributed by atoms with E-state index in [9.17, 15) is 0 Å². The van der Waals surface area contributed by atoms with Crippen LogP contribution in [0.2, 0.25) is 0 Å². The second-order valence-corrected chi connectivity index (χ2v) is 7.04. The molecule has 0 aliphatic heterocycles. The summed E-state index contributed by atoms with van der Waals surface area (Å²) in [5.74, 6) is 0.890. The smallest absolute Gasteiger partial charge is 0.266 e. The Kier molecular flexibility index (Phi) is 3.71. The minimum Gasteiger partial charge on any atom is -0.415 e. The van der Waals surface area contributed by atoms with Crippen molar-refractivity contribution in [1.29, 1.82) is 0 Å². The van der Waals surface area contributed by atoms with Gasteiger partial charge in [0.1, 0.15) is 5.69 Å². The van der Waals surface area contributed by atoms with Gasteiger partial charge in [-0.1, -0.05) is 42.5 Å². The standard InChI is InChI=1S/C25H16N4O/c1-3-10-22-19(7-1)20-8-2-4-11-23(20)29(22)18-14-12-17(13-15-18)24-27-28-25(30-24)21-9-5-6-16-26-21/h1-16H. The van der Waals surface area contributed by atoms with Gasteiger partial charge in [0.25, 0.3) is 5.89 Å². The highest BCUT2D eigenvalue weighted by Crippen LogP contribution is 2.32. The first-order valence-electron chi connectivity index (χ1n) is 9.72. The van der Waals surface area contributed by atoms with Gasteiger partial charge in [0.05, 0.1) is 11.0 Å². The number of fused-ring (bicyclic) bond motifs is 3. The van der Waals surface area contributed by atoms with Gasteiger partial charge in [0.15, 0.2) is 0 Å². The summed E-state index contributed by atoms with van der Waals surface area (Å²) in [6.07, 6.45) is 1.71. The first kappa shape index (κ1) is 16.7. The van der Waals surface area contributed by atoms with Crippen molar-refractivity contribution in [3.63, 3.8) is 0 Å². The molecule has 3 aromatic heterocycles. The predicted octanol–water partition coefficient (Wildman–Crippen LogP) is 5.90. The summed E-state index contributed by atoms with van der Waals surface area (Å²) in [6, 6.07) is 30.7. The molecule has 6 aromatic rings. The van der Waals surface area contributed by atoms with Crippen molar-refractivity contribution in [2.45, 2.75) is 0 Å². The molecule has 142 valence electrons. The van der Waals surface area contributed by atoms with Crippen molar-refractivity contribution < 1.29 is 4.42 Å². The zero-order chi connectivity index (χ0) is 19.9. The largest absolute Gasteiger partial charge is 0.415 e. The zero-order valence-electron chi connectivity index (χ0n) is 15.9. The number of para-hydroxylation sites is 2. The van der Waals surface area contributed by atoms with Gasteiger partial charge in [-0.2, -0.15) is 0 Å². The molecule has 0 atom stereocenters. The SMILES string of the molecule is c1ccc(-c2nnc(-c3ccc(-n4c5ccccc5c5ccccc54)cc3)o2)nc1. The summed E-state index contributed by atoms with van der Waals surface area (Å²) in [4.78, 5) is 4.26. The van der Waals surface area contributed by atoms with E-state index in [0.29, 0.717) is 17.5 Å². The van der Waals surface area contributed by atoms with E-state index in [0.717, 1.165) is 11.3 Å². The molecule has 5 heteroatoms. The first-order chi connectivity index (χ1) is 14.9. The Morgan fingerprint density at radius 2 is 1.23 bits per heavy atom. The molecular formula is C25H16N4O. The van der Waals surface area contributed by atoms with Crippen LogP contribution in [0.15, 0.2) is 102 Å². The highest BCUT2D eigenvalue weighted by atomic mass is 16.4. The second-order valence-electron chi connectivity index (χ2n) is 7.04. The van der Waals surface area contributed by atoms with E-state index >= 15 is 0 Å². The van der Waals surface area contributed by atoms with Crippen molar-refractivity contribution in [1.82, 2.24) is 19.7 Å². The quantitative estimate of drug-likeness (QED) is 0.379. The minimum atomic E-state index is 0.414. The van der Waals surface area contributed by atoms with Crippen LogP contribution in [0.3, 0.4) is 0 Å². The van der Waals surface area contributed by atoms with Crippen LogP contribution in [0.5, 0.6) is 0 Å². The second kappa shape index (κ2) is 6.67. The van der Waals surface area contributed by atoms with Gasteiger partial charge in [0, 0.05) is 28.2 Å². The first-order valence-corrected chi connectivity index (χ1v) is 9.72. The molecule has 0 aliphatic rings. The summed E-state index contributed by atoms with van der Waals surface area (Å²) >= 11 is 0. The molecule has 30 heavy (non-hydrogen) atoms. The van der Waals surface area contributed by atoms with Gasteiger partial charge in [-0.15, -0.1) is 10.2 Å². The van der Waals surface area contributed by atoms with Gasteiger partial charge in [0.2, 0.25) is 5.89 Å². The highest BCUT2D eigenvalue weighted by molar-refractivity contribution is 6.09. The van der Waals surface area contributed by atoms with E-state index in [4.69, 9.17) is 4.42 Å². The zero-order valence-corrected chi connectivity index (χ0v) is 15.9. The van der Waals surface area contributed by atoms with E-state index in [1.54, 1.807) is 6.20 Å². The number of rotatable bonds is 3. The minimum absolute atomic E-state index is 0.414. The summed E-state index contributed by atoms with van der Waals surface area (Å²) < 4.78 is 8.11. The maximum Gasteiger partial charge on any atom is 0.266 e. The molecule has 3 heterocycles. The van der Waals surface area contributed by atoms with E-state index < -0.39 is 0 Å². The summed E-state index contributed by atoms with van der Waals surface area (Å²) in [5.41, 5.74) is 4.98. The predicted molar refractivity (Wildman–Crippen MR) is 117 cm³/mol. The third-order valence-electron chi connectivity index (χ3n) is 5.26. The Morgan fingerprint density at radius 3 is 1.90 bits per heavy atom. The van der Waals surface area contributed by atoms with Gasteiger partial charge in [-0.05, 0) is 48.5 Å². The number of aromatic nitrogens is 4. The fourth-order valence-corrected chi connectivity index (χ4v) is 3.89. The van der Waals surface area contributed by atoms with E-state index in [-0.39, 0.29) is 0 Å². The van der Waals surface area contributed by atoms with Gasteiger partial charge >= 0.3 is 0 Å². The topological polar surface area (TPSA) is 56.7 Å². The third kappa shape index (κ3) is 2.60. The molecule has 0 spiro atoms. The Balaban J connectivity index is 1.43. The highest BCUT2D eigenvalue weighted by Gasteiger charge is 2.13. The Bertz CT molecular complexity index is 1430. The molecule has 3 aromatic carbocycles. The molecule has 0 aliphatic carbocycles.